The summed E-state index contributed by atoms with van der Waals surface area (Å²) >= 11 is 0. The molecule has 2 fully saturated rings. The van der Waals surface area contributed by atoms with E-state index in [1.54, 1.807) is 17.0 Å². The Morgan fingerprint density at radius 3 is 2.41 bits per heavy atom. The molecule has 2 aliphatic heterocycles. The molecule has 2 aliphatic rings. The molecule has 146 valence electrons. The lowest BCUT2D eigenvalue weighted by Gasteiger charge is -2.35. The molecule has 0 aliphatic carbocycles. The van der Waals surface area contributed by atoms with Gasteiger partial charge in [-0.25, -0.2) is 4.79 Å². The Labute approximate surface area is 159 Å². The van der Waals surface area contributed by atoms with E-state index in [0.717, 1.165) is 18.5 Å². The Bertz CT molecular complexity index is 693. The fourth-order valence-electron chi connectivity index (χ4n) is 3.52. The van der Waals surface area contributed by atoms with Crippen molar-refractivity contribution < 1.29 is 23.9 Å². The Morgan fingerprint density at radius 1 is 1.15 bits per heavy atom. The summed E-state index contributed by atoms with van der Waals surface area (Å²) in [5, 5.41) is 0. The van der Waals surface area contributed by atoms with Gasteiger partial charge in [-0.15, -0.1) is 0 Å². The third kappa shape index (κ3) is 5.07. The first-order chi connectivity index (χ1) is 12.9. The van der Waals surface area contributed by atoms with Crippen molar-refractivity contribution in [3.63, 3.8) is 0 Å². The van der Waals surface area contributed by atoms with Gasteiger partial charge in [-0.2, -0.15) is 0 Å². The molecule has 0 saturated carbocycles. The fourth-order valence-corrected chi connectivity index (χ4v) is 3.52. The van der Waals surface area contributed by atoms with Gasteiger partial charge in [0, 0.05) is 32.6 Å². The van der Waals surface area contributed by atoms with E-state index in [9.17, 15) is 14.4 Å². The maximum absolute atomic E-state index is 12.3. The molecule has 2 atom stereocenters. The second-order valence-corrected chi connectivity index (χ2v) is 7.25. The largest absolute Gasteiger partial charge is 0.452 e. The zero-order chi connectivity index (χ0) is 19.4. The van der Waals surface area contributed by atoms with Crippen LogP contribution >= 0.6 is 0 Å². The standard InChI is InChI=1S/C20H26N2O5/c1-14-10-22(11-15(2)27-14)19(24)13-26-20(25)17-7-5-16(6-8-17)12-21-9-3-4-18(21)23/h5-8,14-15H,3-4,9-13H2,1-2H3/t14-,15-/m0/s1. The van der Waals surface area contributed by atoms with Crippen LogP contribution < -0.4 is 0 Å². The number of ether oxygens (including phenoxy) is 2. The van der Waals surface area contributed by atoms with Crippen LogP contribution in [0.3, 0.4) is 0 Å². The quantitative estimate of drug-likeness (QED) is 0.732. The smallest absolute Gasteiger partial charge is 0.338 e. The summed E-state index contributed by atoms with van der Waals surface area (Å²) in [5.74, 6) is -0.570. The van der Waals surface area contributed by atoms with E-state index in [4.69, 9.17) is 9.47 Å². The van der Waals surface area contributed by atoms with Crippen molar-refractivity contribution in [3.05, 3.63) is 35.4 Å². The highest BCUT2D eigenvalue weighted by Crippen LogP contribution is 2.15. The number of esters is 1. The van der Waals surface area contributed by atoms with Gasteiger partial charge in [0.2, 0.25) is 5.91 Å². The van der Waals surface area contributed by atoms with Crippen molar-refractivity contribution in [3.8, 4) is 0 Å². The predicted molar refractivity (Wildman–Crippen MR) is 98.0 cm³/mol. The lowest BCUT2D eigenvalue weighted by molar-refractivity contribution is -0.146. The van der Waals surface area contributed by atoms with Gasteiger partial charge in [0.25, 0.3) is 5.91 Å². The molecule has 0 aromatic heterocycles. The highest BCUT2D eigenvalue weighted by molar-refractivity contribution is 5.91. The average molecular weight is 374 g/mol. The van der Waals surface area contributed by atoms with E-state index in [2.05, 4.69) is 0 Å². The lowest BCUT2D eigenvalue weighted by Crippen LogP contribution is -2.49. The second kappa shape index (κ2) is 8.52. The first-order valence-electron chi connectivity index (χ1n) is 9.39. The molecule has 0 radical (unpaired) electrons. The Morgan fingerprint density at radius 2 is 1.81 bits per heavy atom. The number of rotatable bonds is 5. The topological polar surface area (TPSA) is 76.2 Å². The summed E-state index contributed by atoms with van der Waals surface area (Å²) in [5.41, 5.74) is 1.36. The maximum Gasteiger partial charge on any atom is 0.338 e. The molecule has 0 bridgehead atoms. The number of carbonyl (C=O) groups excluding carboxylic acids is 3. The summed E-state index contributed by atoms with van der Waals surface area (Å²) in [7, 11) is 0. The highest BCUT2D eigenvalue weighted by atomic mass is 16.5. The Kier molecular flexibility index (Phi) is 6.11. The maximum atomic E-state index is 12.3. The zero-order valence-electron chi connectivity index (χ0n) is 15.8. The van der Waals surface area contributed by atoms with Gasteiger partial charge >= 0.3 is 5.97 Å². The minimum atomic E-state index is -0.526. The van der Waals surface area contributed by atoms with Crippen LogP contribution in [-0.4, -0.2) is 66.0 Å². The molecule has 27 heavy (non-hydrogen) atoms. The monoisotopic (exact) mass is 374 g/mol. The Balaban J connectivity index is 1.49. The molecular weight excluding hydrogens is 348 g/mol. The number of morpholine rings is 1. The Hall–Kier alpha value is -2.41. The molecule has 2 saturated heterocycles. The molecule has 0 spiro atoms. The minimum absolute atomic E-state index is 0.0246. The molecule has 7 nitrogen and oxygen atoms in total. The van der Waals surface area contributed by atoms with E-state index in [-0.39, 0.29) is 30.6 Å². The van der Waals surface area contributed by atoms with Crippen LogP contribution in [0.1, 0.15) is 42.6 Å². The van der Waals surface area contributed by atoms with E-state index in [1.807, 2.05) is 30.9 Å². The first kappa shape index (κ1) is 19.4. The summed E-state index contributed by atoms with van der Waals surface area (Å²) in [6.45, 7) is 5.90. The molecule has 7 heteroatoms. The van der Waals surface area contributed by atoms with Crippen LogP contribution in [-0.2, 0) is 25.6 Å². The number of carbonyl (C=O) groups is 3. The molecule has 0 N–H and O–H groups in total. The molecular formula is C20H26N2O5. The van der Waals surface area contributed by atoms with Crippen molar-refractivity contribution in [1.82, 2.24) is 9.80 Å². The van der Waals surface area contributed by atoms with E-state index < -0.39 is 5.97 Å². The molecule has 2 heterocycles. The molecule has 0 unspecified atom stereocenters. The number of amides is 2. The van der Waals surface area contributed by atoms with Crippen LogP contribution in [0, 0.1) is 0 Å². The van der Waals surface area contributed by atoms with Crippen molar-refractivity contribution in [2.75, 3.05) is 26.2 Å². The number of hydrogen-bond acceptors (Lipinski definition) is 5. The van der Waals surface area contributed by atoms with Gasteiger partial charge < -0.3 is 19.3 Å². The molecule has 3 rings (SSSR count). The van der Waals surface area contributed by atoms with Gasteiger partial charge in [0.1, 0.15) is 0 Å². The van der Waals surface area contributed by atoms with Crippen molar-refractivity contribution in [2.45, 2.75) is 45.4 Å². The summed E-state index contributed by atoms with van der Waals surface area (Å²) in [4.78, 5) is 39.6. The lowest BCUT2D eigenvalue weighted by atomic mass is 10.1. The average Bonchev–Trinajstić information content (AvgIpc) is 3.04. The molecule has 1 aromatic rings. The van der Waals surface area contributed by atoms with Crippen molar-refractivity contribution in [1.29, 1.82) is 0 Å². The van der Waals surface area contributed by atoms with Crippen molar-refractivity contribution >= 4 is 17.8 Å². The third-order valence-electron chi connectivity index (χ3n) is 4.83. The highest BCUT2D eigenvalue weighted by Gasteiger charge is 2.26. The number of nitrogens with zero attached hydrogens (tertiary/aromatic N) is 2. The molecule has 2 amide bonds. The molecule has 1 aromatic carbocycles. The van der Waals surface area contributed by atoms with Gasteiger partial charge in [-0.1, -0.05) is 12.1 Å². The minimum Gasteiger partial charge on any atom is -0.452 e. The van der Waals surface area contributed by atoms with Crippen LogP contribution in [0.25, 0.3) is 0 Å². The van der Waals surface area contributed by atoms with Gasteiger partial charge in [0.15, 0.2) is 6.61 Å². The van der Waals surface area contributed by atoms with E-state index in [0.29, 0.717) is 31.6 Å². The number of hydrogen-bond donors (Lipinski definition) is 0. The van der Waals surface area contributed by atoms with Crippen LogP contribution in [0.15, 0.2) is 24.3 Å². The van der Waals surface area contributed by atoms with Gasteiger partial charge in [-0.3, -0.25) is 9.59 Å². The summed E-state index contributed by atoms with van der Waals surface area (Å²) in [6, 6.07) is 6.97. The van der Waals surface area contributed by atoms with E-state index in [1.165, 1.54) is 0 Å². The van der Waals surface area contributed by atoms with Crippen LogP contribution in [0.2, 0.25) is 0 Å². The summed E-state index contributed by atoms with van der Waals surface area (Å²) in [6.07, 6.45) is 1.46. The van der Waals surface area contributed by atoms with Gasteiger partial charge in [-0.05, 0) is 38.0 Å². The number of benzene rings is 1. The van der Waals surface area contributed by atoms with E-state index >= 15 is 0 Å². The SMILES string of the molecule is C[C@H]1CN(C(=O)COC(=O)c2ccc(CN3CCCC3=O)cc2)C[C@H](C)O1. The normalized spacial score (nSPS) is 22.8. The third-order valence-corrected chi connectivity index (χ3v) is 4.83. The van der Waals surface area contributed by atoms with Gasteiger partial charge in [0.05, 0.1) is 17.8 Å². The van der Waals surface area contributed by atoms with Crippen LogP contribution in [0.4, 0.5) is 0 Å². The zero-order valence-corrected chi connectivity index (χ0v) is 15.8. The fraction of sp³-hybridized carbons (Fsp3) is 0.550. The summed E-state index contributed by atoms with van der Waals surface area (Å²) < 4.78 is 10.8. The number of likely N-dealkylation sites (tertiary alicyclic amines) is 1. The predicted octanol–water partition coefficient (Wildman–Crippen LogP) is 1.60. The van der Waals surface area contributed by atoms with Crippen molar-refractivity contribution in [2.24, 2.45) is 0 Å². The second-order valence-electron chi connectivity index (χ2n) is 7.25. The first-order valence-corrected chi connectivity index (χ1v) is 9.39. The van der Waals surface area contributed by atoms with Crippen LogP contribution in [0.5, 0.6) is 0 Å².